The molecule has 3 aromatic rings. The number of imidazole rings is 1. The topological polar surface area (TPSA) is 90.4 Å². The average molecular weight is 414 g/mol. The lowest BCUT2D eigenvalue weighted by Gasteiger charge is -2.22. The van der Waals surface area contributed by atoms with Crippen LogP contribution in [0.2, 0.25) is 5.02 Å². The number of aryl methyl sites for hydroxylation is 1. The number of nitrogens with zero attached hydrogens (tertiary/aromatic N) is 2. The molecule has 1 amide bonds. The van der Waals surface area contributed by atoms with E-state index in [9.17, 15) is 9.90 Å². The van der Waals surface area contributed by atoms with Crippen molar-refractivity contribution in [3.63, 3.8) is 0 Å². The SMILES string of the molecule is C[C@H](O)[C@@H](CCc1ccc(Cl)cc1OCc1ccccc1)n1cnc(C(N)=O)c1. The van der Waals surface area contributed by atoms with Gasteiger partial charge in [0.25, 0.3) is 5.91 Å². The minimum Gasteiger partial charge on any atom is -0.489 e. The molecule has 2 atom stereocenters. The Balaban J connectivity index is 1.73. The Kier molecular flexibility index (Phi) is 6.90. The van der Waals surface area contributed by atoms with Crippen molar-refractivity contribution in [2.45, 2.75) is 38.5 Å². The minimum absolute atomic E-state index is 0.175. The number of rotatable bonds is 9. The molecule has 0 saturated carbocycles. The summed E-state index contributed by atoms with van der Waals surface area (Å²) in [6.07, 6.45) is 3.72. The number of carbonyl (C=O) groups is 1. The van der Waals surface area contributed by atoms with Crippen LogP contribution in [0, 0.1) is 0 Å². The summed E-state index contributed by atoms with van der Waals surface area (Å²) in [6.45, 7) is 2.15. The Hall–Kier alpha value is -2.83. The lowest BCUT2D eigenvalue weighted by Crippen LogP contribution is -2.21. The van der Waals surface area contributed by atoms with Gasteiger partial charge in [0.1, 0.15) is 18.1 Å². The van der Waals surface area contributed by atoms with Gasteiger partial charge in [-0.1, -0.05) is 48.0 Å². The molecule has 0 spiro atoms. The third-order valence-electron chi connectivity index (χ3n) is 4.77. The van der Waals surface area contributed by atoms with Crippen LogP contribution in [0.25, 0.3) is 0 Å². The third-order valence-corrected chi connectivity index (χ3v) is 5.00. The average Bonchev–Trinajstić information content (AvgIpc) is 3.18. The second kappa shape index (κ2) is 9.58. The van der Waals surface area contributed by atoms with Gasteiger partial charge in [-0.3, -0.25) is 4.79 Å². The maximum absolute atomic E-state index is 11.3. The number of amides is 1. The Labute approximate surface area is 174 Å². The van der Waals surface area contributed by atoms with E-state index in [1.165, 1.54) is 6.33 Å². The van der Waals surface area contributed by atoms with Crippen LogP contribution in [0.1, 0.15) is 41.0 Å². The van der Waals surface area contributed by atoms with E-state index in [0.717, 1.165) is 11.1 Å². The van der Waals surface area contributed by atoms with E-state index < -0.39 is 12.0 Å². The van der Waals surface area contributed by atoms with Crippen molar-refractivity contribution in [3.05, 3.63) is 82.9 Å². The van der Waals surface area contributed by atoms with Crippen LogP contribution in [-0.4, -0.2) is 26.7 Å². The number of ether oxygens (including phenoxy) is 1. The van der Waals surface area contributed by atoms with Crippen molar-refractivity contribution >= 4 is 17.5 Å². The van der Waals surface area contributed by atoms with Crippen molar-refractivity contribution in [3.8, 4) is 5.75 Å². The fourth-order valence-corrected chi connectivity index (χ4v) is 3.35. The smallest absolute Gasteiger partial charge is 0.268 e. The van der Waals surface area contributed by atoms with E-state index in [0.29, 0.717) is 30.2 Å². The summed E-state index contributed by atoms with van der Waals surface area (Å²) in [5.74, 6) is 0.122. The number of aliphatic hydroxyl groups is 1. The van der Waals surface area contributed by atoms with Crippen LogP contribution in [0.3, 0.4) is 0 Å². The van der Waals surface area contributed by atoms with Gasteiger partial charge in [-0.15, -0.1) is 0 Å². The molecule has 0 aliphatic carbocycles. The van der Waals surface area contributed by atoms with E-state index in [1.807, 2.05) is 42.5 Å². The number of hydrogen-bond acceptors (Lipinski definition) is 4. The van der Waals surface area contributed by atoms with Gasteiger partial charge < -0.3 is 20.1 Å². The third kappa shape index (κ3) is 5.59. The molecule has 2 aromatic carbocycles. The molecule has 0 aliphatic rings. The quantitative estimate of drug-likeness (QED) is 0.558. The van der Waals surface area contributed by atoms with Gasteiger partial charge in [0.15, 0.2) is 0 Å². The zero-order chi connectivity index (χ0) is 20.8. The molecule has 1 heterocycles. The highest BCUT2D eigenvalue weighted by molar-refractivity contribution is 6.30. The molecule has 0 bridgehead atoms. The molecule has 152 valence electrons. The Bertz CT molecular complexity index is 957. The molecule has 7 heteroatoms. The highest BCUT2D eigenvalue weighted by atomic mass is 35.5. The van der Waals surface area contributed by atoms with Crippen LogP contribution in [0.5, 0.6) is 5.75 Å². The Morgan fingerprint density at radius 1 is 1.28 bits per heavy atom. The maximum Gasteiger partial charge on any atom is 0.268 e. The van der Waals surface area contributed by atoms with E-state index in [-0.39, 0.29) is 11.7 Å². The zero-order valence-corrected chi connectivity index (χ0v) is 16.9. The lowest BCUT2D eigenvalue weighted by molar-refractivity contribution is 0.0994. The Morgan fingerprint density at radius 3 is 2.69 bits per heavy atom. The van der Waals surface area contributed by atoms with Gasteiger partial charge in [-0.25, -0.2) is 4.98 Å². The first kappa shape index (κ1) is 20.9. The van der Waals surface area contributed by atoms with Crippen LogP contribution in [-0.2, 0) is 13.0 Å². The molecule has 0 aliphatic heterocycles. The van der Waals surface area contributed by atoms with E-state index in [2.05, 4.69) is 4.98 Å². The highest BCUT2D eigenvalue weighted by Gasteiger charge is 2.19. The van der Waals surface area contributed by atoms with E-state index >= 15 is 0 Å². The number of hydrogen-bond donors (Lipinski definition) is 2. The van der Waals surface area contributed by atoms with E-state index in [1.54, 1.807) is 23.8 Å². The van der Waals surface area contributed by atoms with Gasteiger partial charge in [-0.2, -0.15) is 0 Å². The summed E-state index contributed by atoms with van der Waals surface area (Å²) in [7, 11) is 0. The number of carbonyl (C=O) groups excluding carboxylic acids is 1. The second-order valence-electron chi connectivity index (χ2n) is 6.94. The molecule has 0 fully saturated rings. The first-order valence-corrected chi connectivity index (χ1v) is 9.78. The summed E-state index contributed by atoms with van der Waals surface area (Å²) in [4.78, 5) is 15.3. The lowest BCUT2D eigenvalue weighted by atomic mass is 10.0. The number of nitrogens with two attached hydrogens (primary N) is 1. The number of primary amides is 1. The van der Waals surface area contributed by atoms with Gasteiger partial charge in [-0.05, 0) is 43.0 Å². The van der Waals surface area contributed by atoms with Crippen LogP contribution in [0.15, 0.2) is 61.1 Å². The molecular formula is C22H24ClN3O3. The number of aliphatic hydroxyl groups excluding tert-OH is 1. The predicted molar refractivity (Wildman–Crippen MR) is 112 cm³/mol. The molecule has 0 unspecified atom stereocenters. The van der Waals surface area contributed by atoms with Gasteiger partial charge in [0.05, 0.1) is 18.5 Å². The fourth-order valence-electron chi connectivity index (χ4n) is 3.19. The van der Waals surface area contributed by atoms with Crippen molar-refractivity contribution in [1.82, 2.24) is 9.55 Å². The first-order chi connectivity index (χ1) is 13.9. The van der Waals surface area contributed by atoms with Crippen molar-refractivity contribution in [2.75, 3.05) is 0 Å². The molecule has 6 nitrogen and oxygen atoms in total. The summed E-state index contributed by atoms with van der Waals surface area (Å²) in [6, 6.07) is 15.2. The van der Waals surface area contributed by atoms with Crippen molar-refractivity contribution in [1.29, 1.82) is 0 Å². The fraction of sp³-hybridized carbons (Fsp3) is 0.273. The normalized spacial score (nSPS) is 13.1. The van der Waals surface area contributed by atoms with Gasteiger partial charge in [0, 0.05) is 11.2 Å². The van der Waals surface area contributed by atoms with Gasteiger partial charge in [0.2, 0.25) is 0 Å². The maximum atomic E-state index is 11.3. The minimum atomic E-state index is -0.633. The van der Waals surface area contributed by atoms with Crippen molar-refractivity contribution in [2.24, 2.45) is 5.73 Å². The van der Waals surface area contributed by atoms with Crippen molar-refractivity contribution < 1.29 is 14.6 Å². The molecule has 0 radical (unpaired) electrons. The predicted octanol–water partition coefficient (Wildman–Crippen LogP) is 3.77. The zero-order valence-electron chi connectivity index (χ0n) is 16.2. The second-order valence-corrected chi connectivity index (χ2v) is 7.38. The number of benzene rings is 2. The molecule has 0 saturated heterocycles. The summed E-state index contributed by atoms with van der Waals surface area (Å²) in [5.41, 5.74) is 7.51. The summed E-state index contributed by atoms with van der Waals surface area (Å²) in [5, 5.41) is 10.8. The molecule has 3 N–H and O–H groups in total. The first-order valence-electron chi connectivity index (χ1n) is 9.40. The molecule has 29 heavy (non-hydrogen) atoms. The molecule has 1 aromatic heterocycles. The standard InChI is InChI=1S/C22H24ClN3O3/c1-15(27)20(26-12-19(22(24)28)25-14-26)10-8-17-7-9-18(23)11-21(17)29-13-16-5-3-2-4-6-16/h2-7,9,11-12,14-15,20,27H,8,10,13H2,1H3,(H2,24,28)/t15-,20+/m0/s1. The Morgan fingerprint density at radius 2 is 2.03 bits per heavy atom. The molecular weight excluding hydrogens is 390 g/mol. The number of aromatic nitrogens is 2. The largest absolute Gasteiger partial charge is 0.489 e. The van der Waals surface area contributed by atoms with E-state index in [4.69, 9.17) is 22.1 Å². The number of halogens is 1. The van der Waals surface area contributed by atoms with Crippen LogP contribution < -0.4 is 10.5 Å². The summed E-state index contributed by atoms with van der Waals surface area (Å²) >= 11 is 6.16. The molecule has 3 rings (SSSR count). The monoisotopic (exact) mass is 413 g/mol. The highest BCUT2D eigenvalue weighted by Crippen LogP contribution is 2.28. The summed E-state index contributed by atoms with van der Waals surface area (Å²) < 4.78 is 7.74. The van der Waals surface area contributed by atoms with Crippen LogP contribution >= 0.6 is 11.6 Å². The van der Waals surface area contributed by atoms with Gasteiger partial charge >= 0.3 is 0 Å². The van der Waals surface area contributed by atoms with Crippen LogP contribution in [0.4, 0.5) is 0 Å².